The lowest BCUT2D eigenvalue weighted by atomic mass is 9.80. The monoisotopic (exact) mass is 508 g/mol. The molecule has 172 valence electrons. The highest BCUT2D eigenvalue weighted by molar-refractivity contribution is 9.10. The Bertz CT molecular complexity index is 1240. The second-order valence-corrected chi connectivity index (χ2v) is 9.76. The van der Waals surface area contributed by atoms with Crippen LogP contribution in [0.15, 0.2) is 46.9 Å². The number of urea groups is 1. The fourth-order valence-electron chi connectivity index (χ4n) is 5.37. The van der Waals surface area contributed by atoms with Gasteiger partial charge in [0.2, 0.25) is 0 Å². The van der Waals surface area contributed by atoms with Gasteiger partial charge in [-0.05, 0) is 49.1 Å². The Hall–Kier alpha value is -2.80. The third-order valence-electron chi connectivity index (χ3n) is 6.87. The van der Waals surface area contributed by atoms with Crippen LogP contribution < -0.4 is 10.2 Å². The summed E-state index contributed by atoms with van der Waals surface area (Å²) in [6, 6.07) is 14.0. The van der Waals surface area contributed by atoms with Crippen LogP contribution in [0.2, 0.25) is 0 Å². The van der Waals surface area contributed by atoms with E-state index in [1.54, 1.807) is 4.90 Å². The van der Waals surface area contributed by atoms with Gasteiger partial charge < -0.3 is 20.1 Å². The number of nitrogens with one attached hydrogen (secondary N) is 2. The van der Waals surface area contributed by atoms with E-state index in [0.29, 0.717) is 26.1 Å². The van der Waals surface area contributed by atoms with E-state index in [4.69, 9.17) is 0 Å². The van der Waals surface area contributed by atoms with Crippen LogP contribution in [-0.2, 0) is 16.8 Å². The first-order valence-electron chi connectivity index (χ1n) is 11.8. The summed E-state index contributed by atoms with van der Waals surface area (Å²) in [6.45, 7) is 5.83. The predicted molar refractivity (Wildman–Crippen MR) is 135 cm³/mol. The largest absolute Gasteiger partial charge is 0.355 e. The van der Waals surface area contributed by atoms with Crippen molar-refractivity contribution in [2.24, 2.45) is 0 Å². The summed E-state index contributed by atoms with van der Waals surface area (Å²) in [5.74, 6) is -0.0526. The highest BCUT2D eigenvalue weighted by Crippen LogP contribution is 2.52. The molecule has 0 saturated carbocycles. The van der Waals surface area contributed by atoms with Crippen molar-refractivity contribution < 1.29 is 9.59 Å². The number of benzene rings is 2. The first-order chi connectivity index (χ1) is 16.0. The minimum absolute atomic E-state index is 0.0526. The van der Waals surface area contributed by atoms with Crippen molar-refractivity contribution in [3.63, 3.8) is 0 Å². The smallest absolute Gasteiger partial charge is 0.318 e. The van der Waals surface area contributed by atoms with Crippen molar-refractivity contribution in [3.8, 4) is 0 Å². The number of amides is 3. The van der Waals surface area contributed by atoms with Crippen LogP contribution in [0.5, 0.6) is 0 Å². The second-order valence-electron chi connectivity index (χ2n) is 8.84. The van der Waals surface area contributed by atoms with Crippen molar-refractivity contribution in [1.82, 2.24) is 15.2 Å². The van der Waals surface area contributed by atoms with E-state index in [2.05, 4.69) is 39.2 Å². The number of halogens is 1. The summed E-state index contributed by atoms with van der Waals surface area (Å²) in [5, 5.41) is 4.15. The van der Waals surface area contributed by atoms with Crippen molar-refractivity contribution >= 4 is 44.5 Å². The Kier molecular flexibility index (Phi) is 5.69. The van der Waals surface area contributed by atoms with Gasteiger partial charge in [-0.2, -0.15) is 0 Å². The van der Waals surface area contributed by atoms with E-state index in [9.17, 15) is 9.59 Å². The van der Waals surface area contributed by atoms with Crippen LogP contribution in [0.25, 0.3) is 10.9 Å². The lowest BCUT2D eigenvalue weighted by Crippen LogP contribution is -2.61. The number of aromatic amines is 1. The third kappa shape index (κ3) is 3.20. The molecule has 0 bridgehead atoms. The van der Waals surface area contributed by atoms with Crippen LogP contribution in [-0.4, -0.2) is 41.5 Å². The number of aromatic nitrogens is 1. The number of nitrogens with zero attached hydrogens (tertiary/aromatic N) is 2. The molecule has 0 unspecified atom stereocenters. The normalized spacial score (nSPS) is 19.3. The maximum Gasteiger partial charge on any atom is 0.318 e. The fourth-order valence-corrected chi connectivity index (χ4v) is 5.73. The Morgan fingerprint density at radius 2 is 2.00 bits per heavy atom. The van der Waals surface area contributed by atoms with Crippen molar-refractivity contribution in [2.45, 2.75) is 45.1 Å². The van der Waals surface area contributed by atoms with Gasteiger partial charge in [0.25, 0.3) is 5.91 Å². The highest BCUT2D eigenvalue weighted by atomic mass is 79.9. The van der Waals surface area contributed by atoms with Gasteiger partial charge in [0.15, 0.2) is 5.54 Å². The number of unbranched alkanes of at least 4 members (excludes halogenated alkanes) is 1. The van der Waals surface area contributed by atoms with Gasteiger partial charge in [0.05, 0.1) is 11.4 Å². The van der Waals surface area contributed by atoms with Crippen LogP contribution in [0.4, 0.5) is 10.5 Å². The number of fused-ring (bicyclic) bond motifs is 6. The molecule has 1 spiro atoms. The zero-order valence-corrected chi connectivity index (χ0v) is 20.7. The maximum atomic E-state index is 14.5. The van der Waals surface area contributed by atoms with Gasteiger partial charge in [-0.1, -0.05) is 54.4 Å². The Morgan fingerprint density at radius 3 is 2.79 bits per heavy atom. The number of para-hydroxylation sites is 1. The van der Waals surface area contributed by atoms with Gasteiger partial charge in [0, 0.05) is 40.6 Å². The number of hydrogen-bond acceptors (Lipinski definition) is 2. The minimum Gasteiger partial charge on any atom is -0.355 e. The highest BCUT2D eigenvalue weighted by Gasteiger charge is 2.60. The quantitative estimate of drug-likeness (QED) is 0.490. The van der Waals surface area contributed by atoms with Gasteiger partial charge in [-0.25, -0.2) is 4.79 Å². The molecule has 0 fully saturated rings. The lowest BCUT2D eigenvalue weighted by molar-refractivity contribution is -0.126. The van der Waals surface area contributed by atoms with E-state index in [-0.39, 0.29) is 11.9 Å². The van der Waals surface area contributed by atoms with Crippen LogP contribution in [0, 0.1) is 0 Å². The topological polar surface area (TPSA) is 68.4 Å². The van der Waals surface area contributed by atoms with E-state index in [0.717, 1.165) is 57.1 Å². The number of carbonyl (C=O) groups excluding carboxylic acids is 2. The molecule has 7 heteroatoms. The summed E-state index contributed by atoms with van der Waals surface area (Å²) >= 11 is 3.62. The zero-order chi connectivity index (χ0) is 23.2. The molecule has 2 aliphatic heterocycles. The Balaban J connectivity index is 1.79. The number of anilines is 1. The van der Waals surface area contributed by atoms with Crippen molar-refractivity contribution in [1.29, 1.82) is 0 Å². The predicted octanol–water partition coefficient (Wildman–Crippen LogP) is 5.30. The molecule has 0 saturated heterocycles. The average Bonchev–Trinajstić information content (AvgIpc) is 3.31. The number of hydrogen-bond donors (Lipinski definition) is 2. The van der Waals surface area contributed by atoms with E-state index in [1.807, 2.05) is 48.2 Å². The summed E-state index contributed by atoms with van der Waals surface area (Å²) < 4.78 is 0.892. The molecule has 2 N–H and O–H groups in total. The number of rotatable bonds is 5. The Morgan fingerprint density at radius 1 is 1.18 bits per heavy atom. The molecule has 2 aliphatic rings. The number of H-pyrrole nitrogens is 1. The molecule has 3 aromatic rings. The molecule has 0 aliphatic carbocycles. The van der Waals surface area contributed by atoms with Crippen LogP contribution in [0.1, 0.15) is 49.9 Å². The molecule has 5 rings (SSSR count). The molecular formula is C26H29BrN4O2. The molecule has 33 heavy (non-hydrogen) atoms. The molecule has 2 aromatic carbocycles. The van der Waals surface area contributed by atoms with Gasteiger partial charge in [-0.15, -0.1) is 0 Å². The lowest BCUT2D eigenvalue weighted by Gasteiger charge is -2.43. The summed E-state index contributed by atoms with van der Waals surface area (Å²) in [5.41, 5.74) is 3.48. The first-order valence-corrected chi connectivity index (χ1v) is 12.6. The fraction of sp³-hybridized carbons (Fsp3) is 0.385. The minimum atomic E-state index is -1.21. The average molecular weight is 509 g/mol. The molecule has 3 amide bonds. The summed E-state index contributed by atoms with van der Waals surface area (Å²) in [6.07, 6.45) is 3.43. The van der Waals surface area contributed by atoms with Crippen molar-refractivity contribution in [3.05, 3.63) is 63.8 Å². The summed E-state index contributed by atoms with van der Waals surface area (Å²) in [4.78, 5) is 35.2. The molecule has 0 radical (unpaired) electrons. The van der Waals surface area contributed by atoms with E-state index in [1.165, 1.54) is 0 Å². The molecule has 6 nitrogen and oxygen atoms in total. The Labute approximate surface area is 202 Å². The number of carbonyl (C=O) groups is 2. The molecule has 1 aromatic heterocycles. The van der Waals surface area contributed by atoms with Crippen LogP contribution >= 0.6 is 15.9 Å². The zero-order valence-electron chi connectivity index (χ0n) is 19.1. The molecular weight excluding hydrogens is 480 g/mol. The SMILES string of the molecule is CCCCN1C(=O)[C@@]2(c3cc(Br)ccc31)c1[nH]c3ccccc3c1CCN2C(=O)NCCC. The first kappa shape index (κ1) is 22.0. The summed E-state index contributed by atoms with van der Waals surface area (Å²) in [7, 11) is 0. The van der Waals surface area contributed by atoms with E-state index >= 15 is 0 Å². The second kappa shape index (κ2) is 8.52. The van der Waals surface area contributed by atoms with Crippen molar-refractivity contribution in [2.75, 3.05) is 24.5 Å². The molecule has 1 atom stereocenters. The van der Waals surface area contributed by atoms with Gasteiger partial charge in [0.1, 0.15) is 0 Å². The van der Waals surface area contributed by atoms with E-state index < -0.39 is 5.54 Å². The third-order valence-corrected chi connectivity index (χ3v) is 7.36. The molecule has 3 heterocycles. The maximum absolute atomic E-state index is 14.5. The standard InChI is InChI=1S/C26H29BrN4O2/c1-3-5-14-30-22-11-10-17(27)16-20(22)26(24(30)32)23-19(18-8-6-7-9-21(18)29-23)12-15-31(26)25(33)28-13-4-2/h6-11,16,29H,3-5,12-15H2,1-2H3,(H,28,33)/t26-/m1/s1. The van der Waals surface area contributed by atoms with Gasteiger partial charge >= 0.3 is 6.03 Å². The van der Waals surface area contributed by atoms with Gasteiger partial charge in [-0.3, -0.25) is 4.79 Å². The van der Waals surface area contributed by atoms with Crippen LogP contribution in [0.3, 0.4) is 0 Å².